The van der Waals surface area contributed by atoms with Gasteiger partial charge in [-0.15, -0.1) is 0 Å². The molecule has 31 heavy (non-hydrogen) atoms. The zero-order valence-corrected chi connectivity index (χ0v) is 18.8. The van der Waals surface area contributed by atoms with E-state index in [1.54, 1.807) is 49.6 Å². The van der Waals surface area contributed by atoms with Crippen LogP contribution in [0.25, 0.3) is 0 Å². The Hall–Kier alpha value is -2.82. The van der Waals surface area contributed by atoms with Crippen LogP contribution in [0.4, 0.5) is 5.69 Å². The lowest BCUT2D eigenvalue weighted by atomic mass is 10.1. The molecule has 0 unspecified atom stereocenters. The molecular weight excluding hydrogens is 390 g/mol. The van der Waals surface area contributed by atoms with Crippen molar-refractivity contribution in [2.45, 2.75) is 64.7 Å². The van der Waals surface area contributed by atoms with Gasteiger partial charge >= 0.3 is 5.97 Å². The topological polar surface area (TPSA) is 64.6 Å². The Labute approximate surface area is 185 Å². The Bertz CT molecular complexity index is 849. The van der Waals surface area contributed by atoms with E-state index in [2.05, 4.69) is 12.2 Å². The van der Waals surface area contributed by atoms with E-state index in [1.807, 2.05) is 0 Å². The first-order valence-corrected chi connectivity index (χ1v) is 11.4. The Morgan fingerprint density at radius 3 is 2.06 bits per heavy atom. The number of ether oxygens (including phenoxy) is 2. The minimum Gasteiger partial charge on any atom is -0.497 e. The van der Waals surface area contributed by atoms with Gasteiger partial charge in [-0.05, 0) is 55.0 Å². The molecule has 5 heteroatoms. The standard InChI is InChI=1S/C26H35NO4/c1-3-4-5-6-7-8-9-10-11-20-27-22-14-18-24(28)25(19-15-22)31-26(29)21-12-16-23(30-2)17-13-21/h12-19,27H,3-11,20H2,1-2H3. The molecule has 0 amide bonds. The van der Waals surface area contributed by atoms with Crippen LogP contribution in [0.3, 0.4) is 0 Å². The molecule has 0 fully saturated rings. The second-order valence-electron chi connectivity index (χ2n) is 7.72. The van der Waals surface area contributed by atoms with Gasteiger partial charge in [0, 0.05) is 12.2 Å². The molecule has 0 aromatic heterocycles. The molecule has 0 saturated carbocycles. The smallest absolute Gasteiger partial charge is 0.343 e. The van der Waals surface area contributed by atoms with Gasteiger partial charge in [-0.25, -0.2) is 4.79 Å². The summed E-state index contributed by atoms with van der Waals surface area (Å²) in [5.74, 6) is 0.0852. The number of nitrogens with one attached hydrogen (secondary N) is 1. The molecule has 2 aromatic rings. The van der Waals surface area contributed by atoms with Gasteiger partial charge in [-0.3, -0.25) is 4.79 Å². The maximum atomic E-state index is 12.3. The highest BCUT2D eigenvalue weighted by Gasteiger charge is 2.10. The van der Waals surface area contributed by atoms with Crippen molar-refractivity contribution in [2.24, 2.45) is 0 Å². The summed E-state index contributed by atoms with van der Waals surface area (Å²) in [5.41, 5.74) is 0.858. The summed E-state index contributed by atoms with van der Waals surface area (Å²) in [7, 11) is 1.56. The third-order valence-corrected chi connectivity index (χ3v) is 5.21. The number of carbonyl (C=O) groups is 1. The van der Waals surface area contributed by atoms with E-state index in [1.165, 1.54) is 57.4 Å². The fraction of sp³-hybridized carbons (Fsp3) is 0.462. The number of benzene rings is 1. The van der Waals surface area contributed by atoms with Crippen LogP contribution in [0.1, 0.15) is 75.1 Å². The van der Waals surface area contributed by atoms with E-state index in [4.69, 9.17) is 9.47 Å². The van der Waals surface area contributed by atoms with E-state index in [9.17, 15) is 9.59 Å². The minimum atomic E-state index is -0.574. The van der Waals surface area contributed by atoms with Crippen LogP contribution in [0.5, 0.6) is 11.5 Å². The van der Waals surface area contributed by atoms with Crippen LogP contribution in [-0.4, -0.2) is 19.6 Å². The summed E-state index contributed by atoms with van der Waals surface area (Å²) in [4.78, 5) is 24.6. The maximum absolute atomic E-state index is 12.3. The molecule has 0 heterocycles. The molecule has 5 nitrogen and oxygen atoms in total. The summed E-state index contributed by atoms with van der Waals surface area (Å²) in [6.07, 6.45) is 11.6. The van der Waals surface area contributed by atoms with Crippen LogP contribution >= 0.6 is 0 Å². The van der Waals surface area contributed by atoms with E-state index < -0.39 is 5.97 Å². The van der Waals surface area contributed by atoms with Gasteiger partial charge < -0.3 is 14.8 Å². The molecule has 0 aliphatic heterocycles. The fourth-order valence-corrected chi connectivity index (χ4v) is 3.31. The Morgan fingerprint density at radius 1 is 0.806 bits per heavy atom. The summed E-state index contributed by atoms with van der Waals surface area (Å²) >= 11 is 0. The van der Waals surface area contributed by atoms with Crippen molar-refractivity contribution in [2.75, 3.05) is 19.0 Å². The van der Waals surface area contributed by atoms with Crippen molar-refractivity contribution in [1.82, 2.24) is 0 Å². The summed E-state index contributed by atoms with van der Waals surface area (Å²) < 4.78 is 10.4. The lowest BCUT2D eigenvalue weighted by molar-refractivity contribution is 0.0733. The molecule has 1 N–H and O–H groups in total. The molecule has 0 aliphatic rings. The molecule has 0 atom stereocenters. The van der Waals surface area contributed by atoms with E-state index in [0.717, 1.165) is 18.7 Å². The van der Waals surface area contributed by atoms with Crippen LogP contribution < -0.4 is 20.2 Å². The van der Waals surface area contributed by atoms with Crippen LogP contribution in [0.15, 0.2) is 53.3 Å². The highest BCUT2D eigenvalue weighted by Crippen LogP contribution is 2.15. The second kappa shape index (κ2) is 14.2. The quantitative estimate of drug-likeness (QED) is 0.288. The van der Waals surface area contributed by atoms with E-state index in [-0.39, 0.29) is 11.2 Å². The number of hydrogen-bond acceptors (Lipinski definition) is 5. The zero-order chi connectivity index (χ0) is 22.3. The molecule has 0 bridgehead atoms. The summed E-state index contributed by atoms with van der Waals surface area (Å²) in [5, 5.41) is 3.34. The molecule has 0 saturated heterocycles. The predicted molar refractivity (Wildman–Crippen MR) is 126 cm³/mol. The van der Waals surface area contributed by atoms with Crippen molar-refractivity contribution in [3.63, 3.8) is 0 Å². The lowest BCUT2D eigenvalue weighted by Gasteiger charge is -2.05. The zero-order valence-electron chi connectivity index (χ0n) is 18.8. The second-order valence-corrected chi connectivity index (χ2v) is 7.72. The lowest BCUT2D eigenvalue weighted by Crippen LogP contribution is -2.13. The third-order valence-electron chi connectivity index (χ3n) is 5.21. The maximum Gasteiger partial charge on any atom is 0.343 e. The first-order valence-electron chi connectivity index (χ1n) is 11.4. The first kappa shape index (κ1) is 24.4. The number of hydrogen-bond donors (Lipinski definition) is 1. The van der Waals surface area contributed by atoms with Crippen molar-refractivity contribution < 1.29 is 14.3 Å². The average molecular weight is 426 g/mol. The largest absolute Gasteiger partial charge is 0.497 e. The molecule has 168 valence electrons. The Morgan fingerprint density at radius 2 is 1.42 bits per heavy atom. The van der Waals surface area contributed by atoms with Gasteiger partial charge in [0.1, 0.15) is 5.75 Å². The summed E-state index contributed by atoms with van der Waals surface area (Å²) in [6.45, 7) is 3.10. The van der Waals surface area contributed by atoms with E-state index in [0.29, 0.717) is 11.3 Å². The fourth-order valence-electron chi connectivity index (χ4n) is 3.31. The monoisotopic (exact) mass is 425 g/mol. The molecule has 0 aliphatic carbocycles. The predicted octanol–water partition coefficient (Wildman–Crippen LogP) is 6.22. The molecule has 0 spiro atoms. The normalized spacial score (nSPS) is 10.5. The highest BCUT2D eigenvalue weighted by molar-refractivity contribution is 5.91. The van der Waals surface area contributed by atoms with Crippen molar-refractivity contribution in [3.05, 3.63) is 64.3 Å². The number of esters is 1. The number of methoxy groups -OCH3 is 1. The van der Waals surface area contributed by atoms with E-state index >= 15 is 0 Å². The number of carbonyl (C=O) groups excluding carboxylic acids is 1. The van der Waals surface area contributed by atoms with Crippen LogP contribution in [0.2, 0.25) is 0 Å². The van der Waals surface area contributed by atoms with Gasteiger partial charge in [0.25, 0.3) is 0 Å². The highest BCUT2D eigenvalue weighted by atomic mass is 16.5. The number of unbranched alkanes of at least 4 members (excludes halogenated alkanes) is 8. The Balaban J connectivity index is 1.76. The van der Waals surface area contributed by atoms with Crippen LogP contribution in [0, 0.1) is 0 Å². The van der Waals surface area contributed by atoms with Crippen molar-refractivity contribution >= 4 is 11.7 Å². The molecule has 2 rings (SSSR count). The summed E-state index contributed by atoms with van der Waals surface area (Å²) in [6, 6.07) is 13.0. The number of rotatable bonds is 14. The van der Waals surface area contributed by atoms with Crippen LogP contribution in [-0.2, 0) is 0 Å². The molecule has 0 radical (unpaired) electrons. The molecular formula is C26H35NO4. The Kier molecular flexibility index (Phi) is 11.2. The van der Waals surface area contributed by atoms with Gasteiger partial charge in [0.05, 0.1) is 12.7 Å². The number of anilines is 1. The van der Waals surface area contributed by atoms with Crippen molar-refractivity contribution in [3.8, 4) is 11.5 Å². The first-order chi connectivity index (χ1) is 15.1. The SMILES string of the molecule is CCCCCCCCCCCNc1ccc(OC(=O)c2ccc(OC)cc2)c(=O)cc1. The average Bonchev–Trinajstić information content (AvgIpc) is 2.96. The van der Waals surface area contributed by atoms with Gasteiger partial charge in [-0.1, -0.05) is 58.3 Å². The third kappa shape index (κ3) is 9.24. The van der Waals surface area contributed by atoms with Gasteiger partial charge in [0.15, 0.2) is 5.75 Å². The minimum absolute atomic E-state index is 0.0111. The molecule has 2 aromatic carbocycles. The van der Waals surface area contributed by atoms with Gasteiger partial charge in [0.2, 0.25) is 5.43 Å². The van der Waals surface area contributed by atoms with Crippen molar-refractivity contribution in [1.29, 1.82) is 0 Å². The van der Waals surface area contributed by atoms with Gasteiger partial charge in [-0.2, -0.15) is 0 Å².